The zero-order chi connectivity index (χ0) is 10.9. The molecule has 1 saturated heterocycles. The van der Waals surface area contributed by atoms with E-state index in [4.69, 9.17) is 5.73 Å². The zero-order valence-corrected chi connectivity index (χ0v) is 9.61. The van der Waals surface area contributed by atoms with Crippen molar-refractivity contribution in [2.75, 3.05) is 19.6 Å². The van der Waals surface area contributed by atoms with Crippen molar-refractivity contribution in [1.82, 2.24) is 14.5 Å². The molecule has 4 heteroatoms. The molecule has 1 aromatic heterocycles. The average Bonchev–Trinajstić information content (AvgIpc) is 2.77. The van der Waals surface area contributed by atoms with Crippen LogP contribution in [0.15, 0.2) is 12.4 Å². The SMILES string of the molecule is Cn1ccnc1CN1CCC(C)(CN)C1. The summed E-state index contributed by atoms with van der Waals surface area (Å²) < 4.78 is 2.08. The normalized spacial score (nSPS) is 27.4. The standard InChI is InChI=1S/C11H20N4/c1-11(8-12)3-5-15(9-11)7-10-13-4-6-14(10)2/h4,6H,3,5,7-9,12H2,1-2H3. The molecule has 0 amide bonds. The van der Waals surface area contributed by atoms with E-state index < -0.39 is 0 Å². The molecule has 0 aliphatic carbocycles. The highest BCUT2D eigenvalue weighted by molar-refractivity contribution is 4.94. The van der Waals surface area contributed by atoms with Crippen molar-refractivity contribution < 1.29 is 0 Å². The first kappa shape index (κ1) is 10.6. The van der Waals surface area contributed by atoms with Gasteiger partial charge in [0, 0.05) is 26.0 Å². The van der Waals surface area contributed by atoms with Gasteiger partial charge in [-0.25, -0.2) is 4.98 Å². The van der Waals surface area contributed by atoms with Gasteiger partial charge in [0.15, 0.2) is 0 Å². The Balaban J connectivity index is 1.96. The van der Waals surface area contributed by atoms with E-state index >= 15 is 0 Å². The molecule has 0 radical (unpaired) electrons. The second kappa shape index (κ2) is 3.94. The molecule has 15 heavy (non-hydrogen) atoms. The molecule has 1 aliphatic heterocycles. The van der Waals surface area contributed by atoms with Crippen molar-refractivity contribution in [3.8, 4) is 0 Å². The first-order valence-electron chi connectivity index (χ1n) is 5.52. The minimum absolute atomic E-state index is 0.311. The molecule has 0 saturated carbocycles. The molecule has 2 heterocycles. The van der Waals surface area contributed by atoms with E-state index in [2.05, 4.69) is 21.4 Å². The van der Waals surface area contributed by atoms with E-state index in [0.29, 0.717) is 5.41 Å². The van der Waals surface area contributed by atoms with Crippen molar-refractivity contribution in [1.29, 1.82) is 0 Å². The number of likely N-dealkylation sites (tertiary alicyclic amines) is 1. The molecule has 1 unspecified atom stereocenters. The molecular formula is C11H20N4. The maximum Gasteiger partial charge on any atom is 0.122 e. The van der Waals surface area contributed by atoms with Crippen LogP contribution in [0.4, 0.5) is 0 Å². The van der Waals surface area contributed by atoms with Gasteiger partial charge in [0.25, 0.3) is 0 Å². The maximum atomic E-state index is 5.79. The first-order valence-corrected chi connectivity index (χ1v) is 5.52. The van der Waals surface area contributed by atoms with Crippen LogP contribution >= 0.6 is 0 Å². The third-order valence-electron chi connectivity index (χ3n) is 3.42. The fourth-order valence-corrected chi connectivity index (χ4v) is 2.18. The molecule has 1 fully saturated rings. The van der Waals surface area contributed by atoms with Gasteiger partial charge >= 0.3 is 0 Å². The summed E-state index contributed by atoms with van der Waals surface area (Å²) in [6, 6.07) is 0. The van der Waals surface area contributed by atoms with Crippen LogP contribution in [0.25, 0.3) is 0 Å². The van der Waals surface area contributed by atoms with E-state index in [-0.39, 0.29) is 0 Å². The number of nitrogens with zero attached hydrogens (tertiary/aromatic N) is 3. The van der Waals surface area contributed by atoms with Crippen LogP contribution in [-0.4, -0.2) is 34.1 Å². The molecule has 1 aliphatic rings. The summed E-state index contributed by atoms with van der Waals surface area (Å²) in [7, 11) is 2.04. The van der Waals surface area contributed by atoms with Gasteiger partial charge in [0.05, 0.1) is 6.54 Å². The minimum atomic E-state index is 0.311. The lowest BCUT2D eigenvalue weighted by atomic mass is 9.90. The Hall–Kier alpha value is -0.870. The van der Waals surface area contributed by atoms with Crippen LogP contribution in [0.5, 0.6) is 0 Å². The Morgan fingerprint density at radius 2 is 2.40 bits per heavy atom. The highest BCUT2D eigenvalue weighted by Gasteiger charge is 2.32. The van der Waals surface area contributed by atoms with Gasteiger partial charge in [-0.05, 0) is 24.9 Å². The predicted molar refractivity (Wildman–Crippen MR) is 60.3 cm³/mol. The van der Waals surface area contributed by atoms with Crippen LogP contribution in [0.2, 0.25) is 0 Å². The van der Waals surface area contributed by atoms with E-state index in [0.717, 1.165) is 32.0 Å². The average molecular weight is 208 g/mol. The molecule has 84 valence electrons. The fourth-order valence-electron chi connectivity index (χ4n) is 2.18. The lowest BCUT2D eigenvalue weighted by Crippen LogP contribution is -2.31. The molecule has 2 N–H and O–H groups in total. The van der Waals surface area contributed by atoms with Crippen molar-refractivity contribution in [2.24, 2.45) is 18.2 Å². The summed E-state index contributed by atoms with van der Waals surface area (Å²) in [6.45, 7) is 6.23. The molecule has 4 nitrogen and oxygen atoms in total. The van der Waals surface area contributed by atoms with Crippen molar-refractivity contribution in [2.45, 2.75) is 19.9 Å². The van der Waals surface area contributed by atoms with E-state index in [1.807, 2.05) is 19.4 Å². The second-order valence-corrected chi connectivity index (χ2v) is 4.93. The first-order chi connectivity index (χ1) is 7.13. The lowest BCUT2D eigenvalue weighted by Gasteiger charge is -2.22. The highest BCUT2D eigenvalue weighted by atomic mass is 15.2. The van der Waals surface area contributed by atoms with Crippen LogP contribution < -0.4 is 5.73 Å². The second-order valence-electron chi connectivity index (χ2n) is 4.93. The Labute approximate surface area is 91.1 Å². The number of hydrogen-bond acceptors (Lipinski definition) is 3. The summed E-state index contributed by atoms with van der Waals surface area (Å²) in [5.41, 5.74) is 6.10. The van der Waals surface area contributed by atoms with Gasteiger partial charge in [0.2, 0.25) is 0 Å². The Morgan fingerprint density at radius 1 is 1.60 bits per heavy atom. The number of imidazole rings is 1. The van der Waals surface area contributed by atoms with Gasteiger partial charge < -0.3 is 10.3 Å². The smallest absolute Gasteiger partial charge is 0.122 e. The quantitative estimate of drug-likeness (QED) is 0.791. The van der Waals surface area contributed by atoms with Gasteiger partial charge in [-0.2, -0.15) is 0 Å². The molecular weight excluding hydrogens is 188 g/mol. The Morgan fingerprint density at radius 3 is 2.93 bits per heavy atom. The maximum absolute atomic E-state index is 5.79. The van der Waals surface area contributed by atoms with E-state index in [1.54, 1.807) is 0 Å². The summed E-state index contributed by atoms with van der Waals surface area (Å²) >= 11 is 0. The van der Waals surface area contributed by atoms with Crippen LogP contribution in [0, 0.1) is 5.41 Å². The Bertz CT molecular complexity index is 333. The molecule has 0 spiro atoms. The third-order valence-corrected chi connectivity index (χ3v) is 3.42. The van der Waals surface area contributed by atoms with Crippen LogP contribution in [0.1, 0.15) is 19.2 Å². The Kier molecular flexibility index (Phi) is 2.80. The van der Waals surface area contributed by atoms with Crippen molar-refractivity contribution >= 4 is 0 Å². The van der Waals surface area contributed by atoms with Crippen LogP contribution in [0.3, 0.4) is 0 Å². The van der Waals surface area contributed by atoms with Gasteiger partial charge in [0.1, 0.15) is 5.82 Å². The molecule has 2 rings (SSSR count). The number of nitrogens with two attached hydrogens (primary N) is 1. The summed E-state index contributed by atoms with van der Waals surface area (Å²) in [5.74, 6) is 1.14. The largest absolute Gasteiger partial charge is 0.337 e. The predicted octanol–water partition coefficient (Wildman–Crippen LogP) is 0.591. The molecule has 0 aromatic carbocycles. The number of aromatic nitrogens is 2. The topological polar surface area (TPSA) is 47.1 Å². The number of rotatable bonds is 3. The summed E-state index contributed by atoms with van der Waals surface area (Å²) in [6.07, 6.45) is 5.05. The van der Waals surface area contributed by atoms with Gasteiger partial charge in [-0.15, -0.1) is 0 Å². The molecule has 1 atom stereocenters. The fraction of sp³-hybridized carbons (Fsp3) is 0.727. The van der Waals surface area contributed by atoms with E-state index in [1.165, 1.54) is 6.42 Å². The third kappa shape index (κ3) is 2.21. The molecule has 0 bridgehead atoms. The van der Waals surface area contributed by atoms with Gasteiger partial charge in [-0.3, -0.25) is 4.90 Å². The monoisotopic (exact) mass is 208 g/mol. The number of hydrogen-bond donors (Lipinski definition) is 1. The van der Waals surface area contributed by atoms with Crippen LogP contribution in [-0.2, 0) is 13.6 Å². The summed E-state index contributed by atoms with van der Waals surface area (Å²) in [5, 5.41) is 0. The highest BCUT2D eigenvalue weighted by Crippen LogP contribution is 2.29. The van der Waals surface area contributed by atoms with Crippen molar-refractivity contribution in [3.05, 3.63) is 18.2 Å². The zero-order valence-electron chi connectivity index (χ0n) is 9.61. The summed E-state index contributed by atoms with van der Waals surface area (Å²) in [4.78, 5) is 6.78. The lowest BCUT2D eigenvalue weighted by molar-refractivity contribution is 0.267. The van der Waals surface area contributed by atoms with Gasteiger partial charge in [-0.1, -0.05) is 6.92 Å². The molecule has 1 aromatic rings. The van der Waals surface area contributed by atoms with Crippen molar-refractivity contribution in [3.63, 3.8) is 0 Å². The minimum Gasteiger partial charge on any atom is -0.337 e. The number of aryl methyl sites for hydroxylation is 1. The van der Waals surface area contributed by atoms with E-state index in [9.17, 15) is 0 Å².